The molecule has 4 rings (SSSR count). The molecule has 1 aromatic heterocycles. The fourth-order valence-corrected chi connectivity index (χ4v) is 4.03. The van der Waals surface area contributed by atoms with Crippen molar-refractivity contribution in [3.8, 4) is 0 Å². The normalized spacial score (nSPS) is 24.4. The number of fused-ring (bicyclic) bond motifs is 1. The van der Waals surface area contributed by atoms with Gasteiger partial charge in [0.15, 0.2) is 5.79 Å². The summed E-state index contributed by atoms with van der Waals surface area (Å²) in [5, 5.41) is 0. The van der Waals surface area contributed by atoms with E-state index in [1.807, 2.05) is 0 Å². The first kappa shape index (κ1) is 13.5. The summed E-state index contributed by atoms with van der Waals surface area (Å²) in [5.74, 6) is 0.872. The molecule has 0 N–H and O–H groups in total. The van der Waals surface area contributed by atoms with Crippen LogP contribution in [-0.2, 0) is 22.3 Å². The molecule has 2 heterocycles. The Bertz CT molecular complexity index is 518. The molecule has 5 heteroatoms. The van der Waals surface area contributed by atoms with Crippen molar-refractivity contribution in [1.29, 1.82) is 0 Å². The third-order valence-electron chi connectivity index (χ3n) is 5.26. The molecule has 0 unspecified atom stereocenters. The van der Waals surface area contributed by atoms with Crippen LogP contribution in [0.3, 0.4) is 0 Å². The summed E-state index contributed by atoms with van der Waals surface area (Å²) < 4.78 is 11.6. The lowest BCUT2D eigenvalue weighted by Gasteiger charge is -2.39. The summed E-state index contributed by atoms with van der Waals surface area (Å²) in [7, 11) is 2.18. The predicted octanol–water partition coefficient (Wildman–Crippen LogP) is 2.09. The van der Waals surface area contributed by atoms with E-state index in [4.69, 9.17) is 9.47 Å². The van der Waals surface area contributed by atoms with Crippen molar-refractivity contribution in [3.63, 3.8) is 0 Å². The minimum atomic E-state index is -0.273. The van der Waals surface area contributed by atoms with E-state index in [0.29, 0.717) is 6.04 Å². The number of ether oxygens (including phenoxy) is 2. The second-order valence-electron chi connectivity index (χ2n) is 6.43. The molecule has 1 saturated heterocycles. The number of nitrogens with zero attached hydrogens (tertiary/aromatic N) is 3. The van der Waals surface area contributed by atoms with Gasteiger partial charge in [-0.05, 0) is 32.1 Å². The maximum atomic E-state index is 5.82. The Balaban J connectivity index is 1.49. The first-order chi connectivity index (χ1) is 10.3. The average Bonchev–Trinajstić information content (AvgIpc) is 3.16. The van der Waals surface area contributed by atoms with Gasteiger partial charge < -0.3 is 14.4 Å². The SMILES string of the molecule is CN(c1ncnc2c1CCC2)C1CCC2(CC1)OCCO2. The van der Waals surface area contributed by atoms with E-state index in [-0.39, 0.29) is 5.79 Å². The number of rotatable bonds is 2. The van der Waals surface area contributed by atoms with Crippen molar-refractivity contribution < 1.29 is 9.47 Å². The minimum absolute atomic E-state index is 0.273. The quantitative estimate of drug-likeness (QED) is 0.834. The van der Waals surface area contributed by atoms with Gasteiger partial charge in [0, 0.05) is 37.2 Å². The molecule has 5 nitrogen and oxygen atoms in total. The number of anilines is 1. The lowest BCUT2D eigenvalue weighted by Crippen LogP contribution is -2.43. The van der Waals surface area contributed by atoms with Gasteiger partial charge in [-0.3, -0.25) is 0 Å². The standard InChI is InChI=1S/C16H23N3O2/c1-19(15-13-3-2-4-14(13)17-11-18-15)12-5-7-16(8-6-12)20-9-10-21-16/h11-12H,2-10H2,1H3. The summed E-state index contributed by atoms with van der Waals surface area (Å²) in [4.78, 5) is 11.4. The van der Waals surface area contributed by atoms with E-state index in [1.165, 1.54) is 17.7 Å². The zero-order chi connectivity index (χ0) is 14.3. The largest absolute Gasteiger partial charge is 0.356 e. The summed E-state index contributed by atoms with van der Waals surface area (Å²) in [5.41, 5.74) is 2.62. The lowest BCUT2D eigenvalue weighted by molar-refractivity contribution is -0.178. The Morgan fingerprint density at radius 1 is 1.14 bits per heavy atom. The molecule has 114 valence electrons. The molecule has 1 aromatic rings. The van der Waals surface area contributed by atoms with Crippen LogP contribution in [0.1, 0.15) is 43.4 Å². The first-order valence-corrected chi connectivity index (χ1v) is 8.11. The summed E-state index contributed by atoms with van der Waals surface area (Å²) in [6.45, 7) is 1.50. The van der Waals surface area contributed by atoms with E-state index in [1.54, 1.807) is 6.33 Å². The van der Waals surface area contributed by atoms with Crippen LogP contribution in [-0.4, -0.2) is 42.1 Å². The van der Waals surface area contributed by atoms with Gasteiger partial charge in [-0.1, -0.05) is 0 Å². The second-order valence-corrected chi connectivity index (χ2v) is 6.43. The van der Waals surface area contributed by atoms with Gasteiger partial charge in [0.25, 0.3) is 0 Å². The van der Waals surface area contributed by atoms with Crippen LogP contribution in [0.2, 0.25) is 0 Å². The van der Waals surface area contributed by atoms with E-state index in [2.05, 4.69) is 21.9 Å². The molecule has 2 aliphatic carbocycles. The predicted molar refractivity (Wildman–Crippen MR) is 79.4 cm³/mol. The van der Waals surface area contributed by atoms with Crippen LogP contribution in [0.25, 0.3) is 0 Å². The van der Waals surface area contributed by atoms with Crippen LogP contribution in [0.5, 0.6) is 0 Å². The molecule has 0 radical (unpaired) electrons. The van der Waals surface area contributed by atoms with Crippen LogP contribution >= 0.6 is 0 Å². The monoisotopic (exact) mass is 289 g/mol. The average molecular weight is 289 g/mol. The highest BCUT2D eigenvalue weighted by atomic mass is 16.7. The molecule has 1 saturated carbocycles. The van der Waals surface area contributed by atoms with Crippen molar-refractivity contribution in [3.05, 3.63) is 17.6 Å². The highest BCUT2D eigenvalue weighted by Crippen LogP contribution is 2.38. The van der Waals surface area contributed by atoms with E-state index < -0.39 is 0 Å². The first-order valence-electron chi connectivity index (χ1n) is 8.11. The Morgan fingerprint density at radius 3 is 2.67 bits per heavy atom. The number of aromatic nitrogens is 2. The fourth-order valence-electron chi connectivity index (χ4n) is 4.03. The van der Waals surface area contributed by atoms with Crippen LogP contribution < -0.4 is 4.90 Å². The summed E-state index contributed by atoms with van der Waals surface area (Å²) in [6.07, 6.45) is 9.37. The van der Waals surface area contributed by atoms with Crippen LogP contribution in [0.4, 0.5) is 5.82 Å². The Kier molecular flexibility index (Phi) is 3.34. The molecule has 3 aliphatic rings. The second kappa shape index (κ2) is 5.21. The van der Waals surface area contributed by atoms with Crippen molar-refractivity contribution in [2.45, 2.75) is 56.8 Å². The minimum Gasteiger partial charge on any atom is -0.356 e. The van der Waals surface area contributed by atoms with Gasteiger partial charge in [-0.25, -0.2) is 9.97 Å². The molecule has 0 bridgehead atoms. The Morgan fingerprint density at radius 2 is 1.90 bits per heavy atom. The van der Waals surface area contributed by atoms with Gasteiger partial charge in [0.2, 0.25) is 0 Å². The highest BCUT2D eigenvalue weighted by Gasteiger charge is 2.41. The molecule has 1 aliphatic heterocycles. The summed E-state index contributed by atoms with van der Waals surface area (Å²) >= 11 is 0. The molecular formula is C16H23N3O2. The maximum absolute atomic E-state index is 5.82. The van der Waals surface area contributed by atoms with Crippen molar-refractivity contribution in [2.75, 3.05) is 25.2 Å². The summed E-state index contributed by atoms with van der Waals surface area (Å²) in [6, 6.07) is 0.531. The molecule has 0 atom stereocenters. The topological polar surface area (TPSA) is 47.5 Å². The van der Waals surface area contributed by atoms with E-state index in [0.717, 1.165) is 57.6 Å². The Labute approximate surface area is 125 Å². The van der Waals surface area contributed by atoms with E-state index >= 15 is 0 Å². The Hall–Kier alpha value is -1.20. The van der Waals surface area contributed by atoms with Crippen molar-refractivity contribution in [2.24, 2.45) is 0 Å². The van der Waals surface area contributed by atoms with Crippen molar-refractivity contribution >= 4 is 5.82 Å². The molecular weight excluding hydrogens is 266 g/mol. The van der Waals surface area contributed by atoms with E-state index in [9.17, 15) is 0 Å². The number of hydrogen-bond acceptors (Lipinski definition) is 5. The molecule has 1 spiro atoms. The maximum Gasteiger partial charge on any atom is 0.168 e. The van der Waals surface area contributed by atoms with Crippen molar-refractivity contribution in [1.82, 2.24) is 9.97 Å². The van der Waals surface area contributed by atoms with Crippen LogP contribution in [0, 0.1) is 0 Å². The number of aryl methyl sites for hydroxylation is 1. The molecule has 2 fully saturated rings. The molecule has 0 amide bonds. The highest BCUT2D eigenvalue weighted by molar-refractivity contribution is 5.50. The van der Waals surface area contributed by atoms with Gasteiger partial charge in [-0.15, -0.1) is 0 Å². The third-order valence-corrected chi connectivity index (χ3v) is 5.26. The molecule has 21 heavy (non-hydrogen) atoms. The third kappa shape index (κ3) is 2.32. The van der Waals surface area contributed by atoms with Gasteiger partial charge in [0.1, 0.15) is 12.1 Å². The van der Waals surface area contributed by atoms with Gasteiger partial charge >= 0.3 is 0 Å². The molecule has 0 aromatic carbocycles. The fraction of sp³-hybridized carbons (Fsp3) is 0.750. The smallest absolute Gasteiger partial charge is 0.168 e. The van der Waals surface area contributed by atoms with Gasteiger partial charge in [0.05, 0.1) is 13.2 Å². The zero-order valence-electron chi connectivity index (χ0n) is 12.7. The van der Waals surface area contributed by atoms with Crippen LogP contribution in [0.15, 0.2) is 6.33 Å². The zero-order valence-corrected chi connectivity index (χ0v) is 12.7. The van der Waals surface area contributed by atoms with Gasteiger partial charge in [-0.2, -0.15) is 0 Å². The number of hydrogen-bond donors (Lipinski definition) is 0. The lowest BCUT2D eigenvalue weighted by atomic mass is 9.89.